The van der Waals surface area contributed by atoms with Gasteiger partial charge in [0, 0.05) is 83.2 Å². The van der Waals surface area contributed by atoms with Crippen molar-refractivity contribution >= 4 is 152 Å². The van der Waals surface area contributed by atoms with Crippen LogP contribution in [0.4, 0.5) is 5.69 Å². The molecule has 4 aliphatic heterocycles. The highest BCUT2D eigenvalue weighted by molar-refractivity contribution is 9.15. The van der Waals surface area contributed by atoms with Gasteiger partial charge in [-0.1, -0.05) is 370 Å². The smallest absolute Gasteiger partial charge is 0.178 e. The van der Waals surface area contributed by atoms with E-state index in [0.29, 0.717) is 0 Å². The van der Waals surface area contributed by atoms with Crippen LogP contribution >= 0.6 is 60.4 Å². The number of benzene rings is 12. The molecule has 13 heteroatoms. The topological polar surface area (TPSA) is 71.5 Å². The van der Waals surface area contributed by atoms with E-state index in [-0.39, 0.29) is 0 Å². The van der Waals surface area contributed by atoms with Crippen LogP contribution in [0.1, 0.15) is 44.5 Å². The highest BCUT2D eigenvalue weighted by Gasteiger charge is 2.48. The molecule has 4 unspecified atom stereocenters. The second kappa shape index (κ2) is 29.4. The summed E-state index contributed by atoms with van der Waals surface area (Å²) in [5, 5.41) is 8.41. The SMILES string of the molecule is CN(C)c1ccc(C2=C(c3ccccc3)c3ccccc3P2(=O)c2ccccc2)cc1.C[SiH](C)C1=C(c2ccccc2)c2ccccc2P1(=O)c1ccccc1.C[Si](C)(C)C1=C(Br)c2ccccc2P1(=O)c1ccccc1.O=P1(c2ccccc2)C(Br)=C(c2ccccc2)c2ccccc21. The first-order valence-corrected chi connectivity index (χ1v) is 48.4. The predicted octanol–water partition coefficient (Wildman–Crippen LogP) is 20.9. The number of rotatable bonds is 11. The highest BCUT2D eigenvalue weighted by atomic mass is 79.9. The van der Waals surface area contributed by atoms with Crippen molar-refractivity contribution in [3.63, 3.8) is 0 Å². The minimum Gasteiger partial charge on any atom is -0.378 e. The minimum atomic E-state index is -3.04. The Balaban J connectivity index is 0.000000121. The highest BCUT2D eigenvalue weighted by Crippen LogP contribution is 2.67. The molecule has 0 fully saturated rings. The fourth-order valence-electron chi connectivity index (χ4n) is 14.4. The Hall–Kier alpha value is -8.29. The summed E-state index contributed by atoms with van der Waals surface area (Å²) in [6.07, 6.45) is 0. The maximum absolute atomic E-state index is 15.1. The fraction of sp³-hybridized carbons (Fsp3) is 0.0805. The van der Waals surface area contributed by atoms with Gasteiger partial charge in [0.2, 0.25) is 0 Å². The van der Waals surface area contributed by atoms with Gasteiger partial charge in [-0.05, 0) is 88.0 Å². The van der Waals surface area contributed by atoms with E-state index < -0.39 is 45.4 Å². The number of nitrogens with zero attached hydrogens (tertiary/aromatic N) is 1. The Morgan fingerprint density at radius 1 is 0.310 bits per heavy atom. The summed E-state index contributed by atoms with van der Waals surface area (Å²) in [6, 6.07) is 112. The zero-order valence-electron chi connectivity index (χ0n) is 57.0. The van der Waals surface area contributed by atoms with Gasteiger partial charge in [-0.2, -0.15) is 0 Å². The number of fused-ring (bicyclic) bond motifs is 4. The van der Waals surface area contributed by atoms with Crippen molar-refractivity contribution in [1.29, 1.82) is 0 Å². The normalized spacial score (nSPS) is 19.3. The third kappa shape index (κ3) is 12.7. The van der Waals surface area contributed by atoms with Crippen molar-refractivity contribution in [2.24, 2.45) is 0 Å². The van der Waals surface area contributed by atoms with Gasteiger partial charge in [0.1, 0.15) is 0 Å². The van der Waals surface area contributed by atoms with Crippen molar-refractivity contribution in [3.05, 3.63) is 392 Å². The van der Waals surface area contributed by atoms with Crippen molar-refractivity contribution in [2.45, 2.75) is 32.7 Å². The molecule has 0 aliphatic carbocycles. The van der Waals surface area contributed by atoms with E-state index >= 15 is 4.57 Å². The maximum Gasteiger partial charge on any atom is 0.178 e. The molecule has 0 amide bonds. The molecule has 0 aromatic heterocycles. The van der Waals surface area contributed by atoms with E-state index in [0.717, 1.165) is 117 Å². The molecule has 4 heterocycles. The van der Waals surface area contributed by atoms with Crippen LogP contribution in [0.15, 0.2) is 348 Å². The summed E-state index contributed by atoms with van der Waals surface area (Å²) in [6.45, 7) is 11.4. The summed E-state index contributed by atoms with van der Waals surface area (Å²) in [4.78, 5) is 4.45. The van der Waals surface area contributed by atoms with E-state index in [1.165, 1.54) is 16.1 Å². The second-order valence-electron chi connectivity index (χ2n) is 26.6. The van der Waals surface area contributed by atoms with E-state index in [4.69, 9.17) is 0 Å². The Morgan fingerprint density at radius 2 is 0.610 bits per heavy atom. The van der Waals surface area contributed by atoms with Gasteiger partial charge in [0.15, 0.2) is 28.6 Å². The van der Waals surface area contributed by atoms with Crippen LogP contribution in [0.3, 0.4) is 0 Å². The van der Waals surface area contributed by atoms with Crippen LogP contribution in [0.25, 0.3) is 26.5 Å². The monoisotopic (exact) mass is 1540 g/mol. The van der Waals surface area contributed by atoms with E-state index in [1.54, 1.807) is 0 Å². The van der Waals surface area contributed by atoms with Gasteiger partial charge in [0.25, 0.3) is 0 Å². The lowest BCUT2D eigenvalue weighted by molar-refractivity contribution is 0.591. The maximum atomic E-state index is 15.1. The Labute approximate surface area is 609 Å². The van der Waals surface area contributed by atoms with Gasteiger partial charge in [-0.3, -0.25) is 0 Å². The Bertz CT molecular complexity index is 5360. The average Bonchev–Trinajstić information content (AvgIpc) is 1.58. The summed E-state index contributed by atoms with van der Waals surface area (Å²) in [7, 11) is -10.3. The first-order chi connectivity index (χ1) is 48.3. The molecule has 12 aromatic rings. The quantitative estimate of drug-likeness (QED) is 0.0953. The fourth-order valence-corrected chi connectivity index (χ4v) is 40.4. The zero-order chi connectivity index (χ0) is 70.0. The molecule has 12 aromatic carbocycles. The molecule has 0 saturated carbocycles. The zero-order valence-corrected chi connectivity index (χ0v) is 65.9. The van der Waals surface area contributed by atoms with Gasteiger partial charge in [0.05, 0.1) is 21.1 Å². The van der Waals surface area contributed by atoms with Gasteiger partial charge < -0.3 is 23.2 Å². The van der Waals surface area contributed by atoms with Crippen LogP contribution in [0.2, 0.25) is 32.7 Å². The Morgan fingerprint density at radius 3 is 1.02 bits per heavy atom. The largest absolute Gasteiger partial charge is 0.378 e. The van der Waals surface area contributed by atoms with Gasteiger partial charge in [-0.25, -0.2) is 0 Å². The van der Waals surface area contributed by atoms with Crippen molar-refractivity contribution in [3.8, 4) is 0 Å². The molecule has 0 N–H and O–H groups in total. The lowest BCUT2D eigenvalue weighted by Crippen LogP contribution is -2.28. The molecular formula is C87H77Br2NO4P4Si2. The molecule has 496 valence electrons. The van der Waals surface area contributed by atoms with Crippen LogP contribution in [0.5, 0.6) is 0 Å². The van der Waals surface area contributed by atoms with Gasteiger partial charge in [-0.15, -0.1) is 0 Å². The molecule has 4 aliphatic rings. The van der Waals surface area contributed by atoms with Gasteiger partial charge >= 0.3 is 0 Å². The van der Waals surface area contributed by atoms with Crippen LogP contribution < -0.4 is 47.3 Å². The molecule has 0 saturated heterocycles. The molecule has 100 heavy (non-hydrogen) atoms. The first kappa shape index (κ1) is 70.2. The Kier molecular flexibility index (Phi) is 20.6. The minimum absolute atomic E-state index is 0.795. The number of halogens is 2. The van der Waals surface area contributed by atoms with Crippen LogP contribution in [0, 0.1) is 0 Å². The standard InChI is InChI=1S/C28H24NOP.C22H21OPSi.C20H14BrOP.C17H18BrOPSi/c1-29(2)23-19-17-22(18-20-23)28-27(21-11-5-3-6-12-21)25-15-9-10-16-26(25)31(28,30)24-13-7-4-8-14-24;1-25(2)22-21(17-11-5-3-6-12-17)19-15-9-10-16-20(19)24(22,23)18-13-7-4-8-14-18;21-20-19(15-9-3-1-4-10-15)17-13-7-8-14-18(17)23(20,22)16-11-5-2-6-12-16;1-21(2,3)17-16(18)14-11-7-8-12-15(14)20(17,19)13-9-5-4-6-10-13/h3-20H,1-2H3;3-16,25H,1-2H3;1-14H;4-12H,1-3H3. The summed E-state index contributed by atoms with van der Waals surface area (Å²) in [5.74, 6) is 0. The third-order valence-corrected chi connectivity index (χ3v) is 42.8. The van der Waals surface area contributed by atoms with E-state index in [1.807, 2.05) is 239 Å². The molecule has 0 radical (unpaired) electrons. The summed E-state index contributed by atoms with van der Waals surface area (Å²) in [5.41, 5.74) is 13.2. The van der Waals surface area contributed by atoms with E-state index in [2.05, 4.69) is 179 Å². The van der Waals surface area contributed by atoms with Crippen molar-refractivity contribution < 1.29 is 18.3 Å². The number of hydrogen-bond donors (Lipinski definition) is 0. The van der Waals surface area contributed by atoms with Crippen molar-refractivity contribution in [2.75, 3.05) is 19.0 Å². The lowest BCUT2D eigenvalue weighted by atomic mass is 9.96. The molecular weight excluding hydrogens is 1460 g/mol. The molecule has 4 atom stereocenters. The third-order valence-electron chi connectivity index (χ3n) is 18.8. The predicted molar refractivity (Wildman–Crippen MR) is 444 cm³/mol. The van der Waals surface area contributed by atoms with Crippen LogP contribution in [-0.2, 0) is 18.3 Å². The second-order valence-corrected chi connectivity index (χ2v) is 48.3. The molecule has 0 spiro atoms. The van der Waals surface area contributed by atoms with Crippen molar-refractivity contribution in [1.82, 2.24) is 0 Å². The first-order valence-electron chi connectivity index (χ1n) is 33.6. The molecule has 5 nitrogen and oxygen atoms in total. The number of anilines is 1. The van der Waals surface area contributed by atoms with E-state index in [9.17, 15) is 13.7 Å². The lowest BCUT2D eigenvalue weighted by Gasteiger charge is -2.27. The average molecular weight is 1540 g/mol. The summed E-state index contributed by atoms with van der Waals surface area (Å²) < 4.78 is 59.7. The molecule has 0 bridgehead atoms. The van der Waals surface area contributed by atoms with Crippen LogP contribution in [-0.4, -0.2) is 31.0 Å². The number of hydrogen-bond acceptors (Lipinski definition) is 5. The summed E-state index contributed by atoms with van der Waals surface area (Å²) >= 11 is 7.45. The molecule has 16 rings (SSSR count).